The van der Waals surface area contributed by atoms with Crippen molar-refractivity contribution >= 4 is 11.9 Å². The first-order valence-corrected chi connectivity index (χ1v) is 12.2. The number of phenols is 2. The van der Waals surface area contributed by atoms with Crippen molar-refractivity contribution in [3.63, 3.8) is 0 Å². The number of ether oxygens (including phenoxy) is 2. The molecule has 0 saturated carbocycles. The Morgan fingerprint density at radius 1 is 0.949 bits per heavy atom. The Bertz CT molecular complexity index is 1500. The summed E-state index contributed by atoms with van der Waals surface area (Å²) in [5.74, 6) is -4.90. The van der Waals surface area contributed by atoms with E-state index in [0.29, 0.717) is 19.5 Å². The zero-order chi connectivity index (χ0) is 27.7. The van der Waals surface area contributed by atoms with E-state index in [4.69, 9.17) is 15.0 Å². The molecule has 12 heteroatoms. The SMILES string of the molecule is [N-]=[N+]=NCCCCCCNC(=O)c1ccc2c(c1)C1(OC2=O)c2cc(F)c(O)cc2Oc2cc(O)c(F)cc21. The highest BCUT2D eigenvalue weighted by molar-refractivity contribution is 6.00. The first-order valence-electron chi connectivity index (χ1n) is 12.2. The van der Waals surface area contributed by atoms with E-state index in [1.54, 1.807) is 0 Å². The van der Waals surface area contributed by atoms with Gasteiger partial charge in [-0.15, -0.1) is 0 Å². The third-order valence-electron chi connectivity index (χ3n) is 6.74. The molecule has 0 fully saturated rings. The van der Waals surface area contributed by atoms with Gasteiger partial charge in [-0.05, 0) is 48.7 Å². The lowest BCUT2D eigenvalue weighted by Crippen LogP contribution is -2.33. The van der Waals surface area contributed by atoms with Crippen molar-refractivity contribution in [3.8, 4) is 23.0 Å². The van der Waals surface area contributed by atoms with E-state index in [2.05, 4.69) is 15.3 Å². The summed E-state index contributed by atoms with van der Waals surface area (Å²) in [6, 6.07) is 8.11. The fraction of sp³-hybridized carbons (Fsp3) is 0.259. The minimum Gasteiger partial charge on any atom is -0.505 e. The number of nitrogens with zero attached hydrogens (tertiary/aromatic N) is 3. The molecule has 10 nitrogen and oxygen atoms in total. The van der Waals surface area contributed by atoms with Gasteiger partial charge in [-0.3, -0.25) is 4.79 Å². The van der Waals surface area contributed by atoms with Crippen LogP contribution in [-0.4, -0.2) is 35.2 Å². The second-order valence-corrected chi connectivity index (χ2v) is 9.16. The zero-order valence-electron chi connectivity index (χ0n) is 20.4. The molecular formula is C27H22F2N4O6. The third-order valence-corrected chi connectivity index (χ3v) is 6.74. The zero-order valence-corrected chi connectivity index (χ0v) is 20.4. The Kier molecular flexibility index (Phi) is 6.71. The van der Waals surface area contributed by atoms with Gasteiger partial charge in [0.15, 0.2) is 28.7 Å². The van der Waals surface area contributed by atoms with Crippen molar-refractivity contribution in [2.24, 2.45) is 5.11 Å². The number of rotatable bonds is 8. The number of esters is 1. The summed E-state index contributed by atoms with van der Waals surface area (Å²) < 4.78 is 40.7. The molecule has 3 N–H and O–H groups in total. The number of aromatic hydroxyl groups is 2. The molecule has 0 atom stereocenters. The highest BCUT2D eigenvalue weighted by Crippen LogP contribution is 2.57. The van der Waals surface area contributed by atoms with Crippen LogP contribution in [0.4, 0.5) is 8.78 Å². The number of phenolic OH excluding ortho intramolecular Hbond substituents is 2. The molecule has 5 rings (SSSR count). The lowest BCUT2D eigenvalue weighted by Gasteiger charge is -2.36. The molecule has 2 aliphatic heterocycles. The fourth-order valence-electron chi connectivity index (χ4n) is 4.88. The van der Waals surface area contributed by atoms with E-state index >= 15 is 0 Å². The molecule has 2 aliphatic rings. The van der Waals surface area contributed by atoms with Gasteiger partial charge < -0.3 is 25.0 Å². The Balaban J connectivity index is 1.51. The second kappa shape index (κ2) is 10.1. The van der Waals surface area contributed by atoms with Crippen LogP contribution in [-0.2, 0) is 10.3 Å². The number of benzene rings is 3. The van der Waals surface area contributed by atoms with Crippen LogP contribution in [0.3, 0.4) is 0 Å². The molecule has 200 valence electrons. The summed E-state index contributed by atoms with van der Waals surface area (Å²) in [6.07, 6.45) is 3.11. The van der Waals surface area contributed by atoms with E-state index in [1.807, 2.05) is 0 Å². The predicted molar refractivity (Wildman–Crippen MR) is 133 cm³/mol. The van der Waals surface area contributed by atoms with Crippen LogP contribution in [0, 0.1) is 11.6 Å². The maximum Gasteiger partial charge on any atom is 0.340 e. The molecule has 2 heterocycles. The van der Waals surface area contributed by atoms with Gasteiger partial charge in [-0.2, -0.15) is 0 Å². The highest BCUT2D eigenvalue weighted by Gasteiger charge is 2.54. The second-order valence-electron chi connectivity index (χ2n) is 9.16. The largest absolute Gasteiger partial charge is 0.505 e. The number of hydrogen-bond acceptors (Lipinski definition) is 7. The van der Waals surface area contributed by atoms with Crippen LogP contribution in [0.15, 0.2) is 47.6 Å². The Morgan fingerprint density at radius 2 is 1.59 bits per heavy atom. The van der Waals surface area contributed by atoms with E-state index in [-0.39, 0.29) is 39.3 Å². The maximum absolute atomic E-state index is 14.6. The summed E-state index contributed by atoms with van der Waals surface area (Å²) in [5.41, 5.74) is 6.74. The summed E-state index contributed by atoms with van der Waals surface area (Å²) in [4.78, 5) is 28.7. The minimum absolute atomic E-state index is 0.0271. The number of azide groups is 1. The smallest absolute Gasteiger partial charge is 0.340 e. The van der Waals surface area contributed by atoms with Crippen molar-refractivity contribution in [2.75, 3.05) is 13.1 Å². The Morgan fingerprint density at radius 3 is 2.23 bits per heavy atom. The third kappa shape index (κ3) is 4.44. The quantitative estimate of drug-likeness (QED) is 0.113. The van der Waals surface area contributed by atoms with Crippen LogP contribution in [0.5, 0.6) is 23.0 Å². The van der Waals surface area contributed by atoms with Crippen LogP contribution in [0.25, 0.3) is 10.4 Å². The Hall–Kier alpha value is -4.83. The first-order chi connectivity index (χ1) is 18.8. The van der Waals surface area contributed by atoms with Gasteiger partial charge in [0.05, 0.1) is 16.7 Å². The van der Waals surface area contributed by atoms with E-state index < -0.39 is 40.6 Å². The number of hydrogen-bond donors (Lipinski definition) is 3. The average Bonchev–Trinajstić information content (AvgIpc) is 3.20. The number of nitrogens with one attached hydrogen (secondary N) is 1. The molecule has 0 bridgehead atoms. The average molecular weight is 536 g/mol. The van der Waals surface area contributed by atoms with Gasteiger partial charge >= 0.3 is 5.97 Å². The normalized spacial score (nSPS) is 13.9. The molecular weight excluding hydrogens is 514 g/mol. The number of carbonyl (C=O) groups is 2. The Labute approximate surface area is 220 Å². The predicted octanol–water partition coefficient (Wildman–Crippen LogP) is 5.54. The molecule has 1 spiro atoms. The molecule has 1 amide bonds. The summed E-state index contributed by atoms with van der Waals surface area (Å²) in [6.45, 7) is 0.803. The standard InChI is InChI=1S/C27H22F2N4O6/c28-19-10-17-23(12-21(19)34)38-24-13-22(35)20(29)11-18(24)27(17)16-9-14(5-6-15(16)26(37)39-27)25(36)31-7-3-1-2-4-8-32-33-30/h5-6,9-13,34-35H,1-4,7-8H2,(H,31,36). The number of fused-ring (bicyclic) bond motifs is 6. The minimum atomic E-state index is -1.92. The van der Waals surface area contributed by atoms with Gasteiger partial charge in [-0.25, -0.2) is 13.6 Å². The van der Waals surface area contributed by atoms with E-state index in [1.165, 1.54) is 18.2 Å². The van der Waals surface area contributed by atoms with Crippen LogP contribution < -0.4 is 10.1 Å². The monoisotopic (exact) mass is 536 g/mol. The molecule has 39 heavy (non-hydrogen) atoms. The maximum atomic E-state index is 14.6. The topological polar surface area (TPSA) is 154 Å². The summed E-state index contributed by atoms with van der Waals surface area (Å²) in [5, 5.41) is 26.2. The van der Waals surface area contributed by atoms with Gasteiger partial charge in [0.25, 0.3) is 5.91 Å². The van der Waals surface area contributed by atoms with Crippen molar-refractivity contribution in [3.05, 3.63) is 92.4 Å². The van der Waals surface area contributed by atoms with Crippen molar-refractivity contribution in [1.82, 2.24) is 5.32 Å². The summed E-state index contributed by atoms with van der Waals surface area (Å²) in [7, 11) is 0. The number of halogens is 2. The highest BCUT2D eigenvalue weighted by atomic mass is 19.1. The van der Waals surface area contributed by atoms with Crippen LogP contribution in [0.2, 0.25) is 0 Å². The van der Waals surface area contributed by atoms with Gasteiger partial charge in [0, 0.05) is 41.3 Å². The van der Waals surface area contributed by atoms with Crippen molar-refractivity contribution < 1.29 is 38.1 Å². The number of amides is 1. The van der Waals surface area contributed by atoms with Gasteiger partial charge in [-0.1, -0.05) is 18.0 Å². The van der Waals surface area contributed by atoms with Crippen molar-refractivity contribution in [2.45, 2.75) is 31.3 Å². The van der Waals surface area contributed by atoms with E-state index in [9.17, 15) is 28.6 Å². The molecule has 0 radical (unpaired) electrons. The molecule has 0 aliphatic carbocycles. The van der Waals surface area contributed by atoms with Crippen LogP contribution >= 0.6 is 0 Å². The lowest BCUT2D eigenvalue weighted by molar-refractivity contribution is 0.0221. The number of carbonyl (C=O) groups excluding carboxylic acids is 2. The molecule has 3 aromatic carbocycles. The van der Waals surface area contributed by atoms with Gasteiger partial charge in [0.2, 0.25) is 0 Å². The van der Waals surface area contributed by atoms with E-state index in [0.717, 1.165) is 43.5 Å². The first kappa shape index (κ1) is 25.8. The van der Waals surface area contributed by atoms with Crippen molar-refractivity contribution in [1.29, 1.82) is 0 Å². The molecule has 0 unspecified atom stereocenters. The fourth-order valence-corrected chi connectivity index (χ4v) is 4.88. The van der Waals surface area contributed by atoms with Gasteiger partial charge in [0.1, 0.15) is 11.5 Å². The molecule has 0 saturated heterocycles. The molecule has 0 aromatic heterocycles. The number of unbranched alkanes of at least 4 members (excludes halogenated alkanes) is 3. The summed E-state index contributed by atoms with van der Waals surface area (Å²) >= 11 is 0. The lowest BCUT2D eigenvalue weighted by atomic mass is 9.77. The van der Waals surface area contributed by atoms with Crippen LogP contribution in [0.1, 0.15) is 63.1 Å². The molecule has 3 aromatic rings.